The molecule has 0 aromatic carbocycles. The standard InChI is InChI=1S/C4H11NO.ClH/c1-2-5-3-4-6;/h5-6H,2-4H2,1H3;1H. The molecule has 0 aliphatic rings. The summed E-state index contributed by atoms with van der Waals surface area (Å²) in [7, 11) is 0. The molecule has 0 aliphatic carbocycles. The molecule has 0 spiro atoms. The monoisotopic (exact) mass is 125 g/mol. The summed E-state index contributed by atoms with van der Waals surface area (Å²) in [5, 5.41) is 11.1. The molecule has 0 bridgehead atoms. The number of hydrogen-bond donors (Lipinski definition) is 2. The van der Waals surface area contributed by atoms with Crippen LogP contribution in [-0.4, -0.2) is 24.8 Å². The third-order valence-electron chi connectivity index (χ3n) is 0.539. The lowest BCUT2D eigenvalue weighted by Crippen LogP contribution is -2.16. The summed E-state index contributed by atoms with van der Waals surface area (Å²) in [6.45, 7) is 3.92. The van der Waals surface area contributed by atoms with Gasteiger partial charge in [-0.15, -0.1) is 12.4 Å². The Kier molecular flexibility index (Phi) is 13.9. The molecule has 0 rings (SSSR count). The second-order valence-corrected chi connectivity index (χ2v) is 1.08. The summed E-state index contributed by atoms with van der Waals surface area (Å²) in [5.74, 6) is 0. The van der Waals surface area contributed by atoms with E-state index >= 15 is 0 Å². The maximum atomic E-state index is 8.13. The Bertz CT molecular complexity index is 23.7. The number of aliphatic hydroxyl groups is 1. The van der Waals surface area contributed by atoms with Crippen molar-refractivity contribution in [2.24, 2.45) is 0 Å². The van der Waals surface area contributed by atoms with Crippen LogP contribution < -0.4 is 5.32 Å². The first-order valence-electron chi connectivity index (χ1n) is 2.23. The molecule has 2 N–H and O–H groups in total. The molecule has 0 unspecified atom stereocenters. The van der Waals surface area contributed by atoms with Crippen LogP contribution in [0.2, 0.25) is 0 Å². The molecule has 0 fully saturated rings. The van der Waals surface area contributed by atoms with Crippen LogP contribution in [-0.2, 0) is 0 Å². The van der Waals surface area contributed by atoms with Gasteiger partial charge < -0.3 is 10.4 Å². The van der Waals surface area contributed by atoms with Crippen molar-refractivity contribution in [2.75, 3.05) is 19.7 Å². The third kappa shape index (κ3) is 10.7. The zero-order valence-corrected chi connectivity index (χ0v) is 5.29. The first kappa shape index (κ1) is 10.2. The van der Waals surface area contributed by atoms with E-state index in [-0.39, 0.29) is 19.0 Å². The topological polar surface area (TPSA) is 32.3 Å². The van der Waals surface area contributed by atoms with E-state index in [2.05, 4.69) is 5.32 Å². The van der Waals surface area contributed by atoms with Crippen LogP contribution in [0.3, 0.4) is 0 Å². The molecule has 7 heavy (non-hydrogen) atoms. The van der Waals surface area contributed by atoms with Crippen LogP contribution in [0.25, 0.3) is 0 Å². The molecule has 0 aromatic rings. The fourth-order valence-corrected chi connectivity index (χ4v) is 0.256. The Balaban J connectivity index is 0. The van der Waals surface area contributed by atoms with Crippen molar-refractivity contribution >= 4 is 12.4 Å². The number of halogens is 1. The normalized spacial score (nSPS) is 7.71. The largest absolute Gasteiger partial charge is 0.395 e. The van der Waals surface area contributed by atoms with E-state index in [0.717, 1.165) is 13.1 Å². The van der Waals surface area contributed by atoms with Crippen LogP contribution in [0.5, 0.6) is 0 Å². The van der Waals surface area contributed by atoms with Gasteiger partial charge in [0.15, 0.2) is 0 Å². The average molecular weight is 126 g/mol. The maximum absolute atomic E-state index is 8.13. The third-order valence-corrected chi connectivity index (χ3v) is 0.539. The van der Waals surface area contributed by atoms with E-state index in [1.54, 1.807) is 0 Å². The van der Waals surface area contributed by atoms with Gasteiger partial charge in [-0.2, -0.15) is 0 Å². The fraction of sp³-hybridized carbons (Fsp3) is 1.00. The molecule has 0 amide bonds. The highest BCUT2D eigenvalue weighted by atomic mass is 35.5. The highest BCUT2D eigenvalue weighted by molar-refractivity contribution is 5.85. The number of hydrogen-bond acceptors (Lipinski definition) is 2. The van der Waals surface area contributed by atoms with E-state index in [1.807, 2.05) is 6.92 Å². The lowest BCUT2D eigenvalue weighted by Gasteiger charge is -1.91. The van der Waals surface area contributed by atoms with E-state index in [1.165, 1.54) is 0 Å². The summed E-state index contributed by atoms with van der Waals surface area (Å²) in [5.41, 5.74) is 0. The second kappa shape index (κ2) is 9.51. The maximum Gasteiger partial charge on any atom is 0.0555 e. The van der Waals surface area contributed by atoms with Gasteiger partial charge in [-0.3, -0.25) is 0 Å². The molecule has 0 atom stereocenters. The molecule has 46 valence electrons. The fourth-order valence-electron chi connectivity index (χ4n) is 0.256. The Hall–Kier alpha value is 0.210. The minimum Gasteiger partial charge on any atom is -0.395 e. The average Bonchev–Trinajstić information content (AvgIpc) is 1.61. The number of nitrogens with one attached hydrogen (secondary N) is 1. The molecule has 0 radical (unpaired) electrons. The Labute approximate surface area is 50.3 Å². The van der Waals surface area contributed by atoms with Gasteiger partial charge >= 0.3 is 0 Å². The number of aliphatic hydroxyl groups excluding tert-OH is 1. The van der Waals surface area contributed by atoms with Gasteiger partial charge in [-0.1, -0.05) is 6.92 Å². The van der Waals surface area contributed by atoms with Crippen LogP contribution in [0.15, 0.2) is 0 Å². The molecular weight excluding hydrogens is 114 g/mol. The predicted octanol–water partition coefficient (Wildman–Crippen LogP) is 0.01000. The van der Waals surface area contributed by atoms with Crippen molar-refractivity contribution in [1.29, 1.82) is 0 Å². The lowest BCUT2D eigenvalue weighted by molar-refractivity contribution is 0.293. The van der Waals surface area contributed by atoms with Crippen LogP contribution >= 0.6 is 12.4 Å². The van der Waals surface area contributed by atoms with Gasteiger partial charge in [-0.25, -0.2) is 0 Å². The summed E-state index contributed by atoms with van der Waals surface area (Å²) in [6, 6.07) is 0. The van der Waals surface area contributed by atoms with E-state index < -0.39 is 0 Å². The van der Waals surface area contributed by atoms with Crippen LogP contribution in [0.4, 0.5) is 0 Å². The lowest BCUT2D eigenvalue weighted by atomic mass is 10.6. The summed E-state index contributed by atoms with van der Waals surface area (Å²) < 4.78 is 0. The van der Waals surface area contributed by atoms with Crippen molar-refractivity contribution in [3.63, 3.8) is 0 Å². The van der Waals surface area contributed by atoms with Crippen molar-refractivity contribution in [2.45, 2.75) is 6.92 Å². The van der Waals surface area contributed by atoms with Crippen LogP contribution in [0, 0.1) is 0 Å². The van der Waals surface area contributed by atoms with Crippen molar-refractivity contribution in [3.05, 3.63) is 0 Å². The second-order valence-electron chi connectivity index (χ2n) is 1.08. The Morgan fingerprint density at radius 3 is 2.29 bits per heavy atom. The van der Waals surface area contributed by atoms with E-state index in [9.17, 15) is 0 Å². The predicted molar refractivity (Wildman–Crippen MR) is 32.9 cm³/mol. The number of likely N-dealkylation sites (N-methyl/N-ethyl adjacent to an activating group) is 1. The minimum absolute atomic E-state index is 0. The van der Waals surface area contributed by atoms with E-state index in [4.69, 9.17) is 5.11 Å². The zero-order chi connectivity index (χ0) is 4.83. The summed E-state index contributed by atoms with van der Waals surface area (Å²) >= 11 is 0. The number of rotatable bonds is 3. The molecule has 0 aliphatic heterocycles. The van der Waals surface area contributed by atoms with Crippen molar-refractivity contribution in [3.8, 4) is 0 Å². The van der Waals surface area contributed by atoms with Gasteiger partial charge in [0.05, 0.1) is 6.61 Å². The molecule has 3 heteroatoms. The quantitative estimate of drug-likeness (QED) is 0.521. The molecule has 0 aromatic heterocycles. The van der Waals surface area contributed by atoms with Gasteiger partial charge in [0.2, 0.25) is 0 Å². The zero-order valence-electron chi connectivity index (χ0n) is 4.48. The summed E-state index contributed by atoms with van der Waals surface area (Å²) in [4.78, 5) is 0. The van der Waals surface area contributed by atoms with Gasteiger partial charge in [0.1, 0.15) is 0 Å². The first-order chi connectivity index (χ1) is 2.91. The Morgan fingerprint density at radius 1 is 1.57 bits per heavy atom. The molecule has 2 nitrogen and oxygen atoms in total. The highest BCUT2D eigenvalue weighted by Crippen LogP contribution is 1.51. The highest BCUT2D eigenvalue weighted by Gasteiger charge is 1.72. The smallest absolute Gasteiger partial charge is 0.0555 e. The summed E-state index contributed by atoms with van der Waals surface area (Å²) in [6.07, 6.45) is 0. The van der Waals surface area contributed by atoms with Gasteiger partial charge in [-0.05, 0) is 6.54 Å². The minimum atomic E-state index is 0. The first-order valence-corrected chi connectivity index (χ1v) is 2.23. The molecule has 0 heterocycles. The van der Waals surface area contributed by atoms with Gasteiger partial charge in [0, 0.05) is 6.54 Å². The van der Waals surface area contributed by atoms with E-state index in [0.29, 0.717) is 0 Å². The van der Waals surface area contributed by atoms with Gasteiger partial charge in [0.25, 0.3) is 0 Å². The van der Waals surface area contributed by atoms with Crippen molar-refractivity contribution < 1.29 is 5.11 Å². The van der Waals surface area contributed by atoms with Crippen molar-refractivity contribution in [1.82, 2.24) is 5.32 Å². The molecular formula is C4H12ClNO. The Morgan fingerprint density at radius 2 is 2.14 bits per heavy atom. The SMILES string of the molecule is CCNCCO.Cl. The molecule has 0 saturated heterocycles. The van der Waals surface area contributed by atoms with Crippen LogP contribution in [0.1, 0.15) is 6.92 Å². The molecule has 0 saturated carbocycles.